The van der Waals surface area contributed by atoms with Crippen molar-refractivity contribution in [1.29, 1.82) is 0 Å². The third-order valence-corrected chi connectivity index (χ3v) is 5.25. The van der Waals surface area contributed by atoms with Crippen LogP contribution >= 0.6 is 0 Å². The van der Waals surface area contributed by atoms with Gasteiger partial charge in [-0.2, -0.15) is 5.10 Å². The fraction of sp³-hybridized carbons (Fsp3) is 0.263. The number of hydrogen-bond acceptors (Lipinski definition) is 5. The first-order valence-electron chi connectivity index (χ1n) is 8.54. The zero-order chi connectivity index (χ0) is 19.4. The molecule has 1 aromatic carbocycles. The van der Waals surface area contributed by atoms with E-state index in [1.165, 1.54) is 12.1 Å². The van der Waals surface area contributed by atoms with Crippen molar-refractivity contribution in [2.24, 2.45) is 7.05 Å². The lowest BCUT2D eigenvalue weighted by atomic mass is 10.1. The molecule has 1 N–H and O–H groups in total. The van der Waals surface area contributed by atoms with Crippen LogP contribution in [0.5, 0.6) is 5.75 Å². The van der Waals surface area contributed by atoms with E-state index < -0.39 is 10.0 Å². The predicted octanol–water partition coefficient (Wildman–Crippen LogP) is 2.75. The Hall–Kier alpha value is -2.71. The maximum atomic E-state index is 12.6. The summed E-state index contributed by atoms with van der Waals surface area (Å²) in [6, 6.07) is 10.00. The largest absolute Gasteiger partial charge is 0.491 e. The minimum Gasteiger partial charge on any atom is -0.491 e. The van der Waals surface area contributed by atoms with Crippen molar-refractivity contribution in [2.75, 3.05) is 0 Å². The molecular formula is C19H22N4O3S. The number of rotatable bonds is 7. The van der Waals surface area contributed by atoms with Gasteiger partial charge in [0.1, 0.15) is 5.75 Å². The number of benzene rings is 1. The Morgan fingerprint density at radius 1 is 1.19 bits per heavy atom. The molecule has 2 heterocycles. The number of ether oxygens (including phenoxy) is 1. The van der Waals surface area contributed by atoms with Gasteiger partial charge in [-0.15, -0.1) is 0 Å². The average molecular weight is 386 g/mol. The molecule has 0 bridgehead atoms. The Bertz CT molecular complexity index is 1010. The molecule has 0 amide bonds. The maximum absolute atomic E-state index is 12.6. The standard InChI is InChI=1S/C19H22N4O3S/c1-14(2)26-17-6-8-18(9-7-17)27(24,25)22-12-15-5-4-10-20-19(15)16-11-21-23(3)13-16/h4-11,13-14,22H,12H2,1-3H3. The number of aryl methyl sites for hydroxylation is 1. The molecule has 3 aromatic rings. The van der Waals surface area contributed by atoms with Gasteiger partial charge in [0.2, 0.25) is 10.0 Å². The van der Waals surface area contributed by atoms with Gasteiger partial charge in [0, 0.05) is 31.5 Å². The van der Waals surface area contributed by atoms with E-state index in [2.05, 4.69) is 14.8 Å². The van der Waals surface area contributed by atoms with E-state index >= 15 is 0 Å². The van der Waals surface area contributed by atoms with E-state index in [-0.39, 0.29) is 17.5 Å². The molecule has 0 radical (unpaired) electrons. The van der Waals surface area contributed by atoms with Crippen molar-refractivity contribution in [3.05, 3.63) is 60.6 Å². The van der Waals surface area contributed by atoms with Crippen molar-refractivity contribution in [2.45, 2.75) is 31.4 Å². The number of hydrogen-bond donors (Lipinski definition) is 1. The first kappa shape index (κ1) is 19.1. The van der Waals surface area contributed by atoms with E-state index in [0.717, 1.165) is 11.1 Å². The molecule has 2 aromatic heterocycles. The highest BCUT2D eigenvalue weighted by Gasteiger charge is 2.16. The first-order valence-corrected chi connectivity index (χ1v) is 10.0. The predicted molar refractivity (Wildman–Crippen MR) is 103 cm³/mol. The van der Waals surface area contributed by atoms with Crippen molar-refractivity contribution in [3.63, 3.8) is 0 Å². The Labute approximate surface area is 159 Å². The van der Waals surface area contributed by atoms with Crippen molar-refractivity contribution in [3.8, 4) is 17.0 Å². The van der Waals surface area contributed by atoms with Crippen LogP contribution in [0.3, 0.4) is 0 Å². The van der Waals surface area contributed by atoms with Crippen molar-refractivity contribution < 1.29 is 13.2 Å². The first-order chi connectivity index (χ1) is 12.8. The molecular weight excluding hydrogens is 364 g/mol. The van der Waals surface area contributed by atoms with Gasteiger partial charge in [-0.25, -0.2) is 13.1 Å². The van der Waals surface area contributed by atoms with Gasteiger partial charge in [0.15, 0.2) is 0 Å². The Kier molecular flexibility index (Phi) is 5.57. The van der Waals surface area contributed by atoms with Crippen LogP contribution in [0, 0.1) is 0 Å². The summed E-state index contributed by atoms with van der Waals surface area (Å²) in [6.45, 7) is 3.96. The minimum absolute atomic E-state index is 0.0297. The lowest BCUT2D eigenvalue weighted by Crippen LogP contribution is -2.23. The summed E-state index contributed by atoms with van der Waals surface area (Å²) < 4.78 is 35.1. The summed E-state index contributed by atoms with van der Waals surface area (Å²) in [4.78, 5) is 4.56. The molecule has 7 nitrogen and oxygen atoms in total. The van der Waals surface area contributed by atoms with E-state index in [4.69, 9.17) is 4.74 Å². The molecule has 0 atom stereocenters. The molecule has 0 fully saturated rings. The van der Waals surface area contributed by atoms with Crippen LogP contribution in [0.1, 0.15) is 19.4 Å². The monoisotopic (exact) mass is 386 g/mol. The van der Waals surface area contributed by atoms with Crippen molar-refractivity contribution in [1.82, 2.24) is 19.5 Å². The van der Waals surface area contributed by atoms with Crippen LogP contribution in [0.4, 0.5) is 0 Å². The van der Waals surface area contributed by atoms with E-state index in [0.29, 0.717) is 11.4 Å². The molecule has 0 aliphatic rings. The smallest absolute Gasteiger partial charge is 0.240 e. The highest BCUT2D eigenvalue weighted by Crippen LogP contribution is 2.21. The average Bonchev–Trinajstić information content (AvgIpc) is 3.06. The number of nitrogens with zero attached hydrogens (tertiary/aromatic N) is 3. The van der Waals surface area contributed by atoms with Gasteiger partial charge >= 0.3 is 0 Å². The second kappa shape index (κ2) is 7.89. The van der Waals surface area contributed by atoms with Gasteiger partial charge in [-0.1, -0.05) is 6.07 Å². The lowest BCUT2D eigenvalue weighted by molar-refractivity contribution is 0.242. The van der Waals surface area contributed by atoms with Crippen LogP contribution in [0.15, 0.2) is 59.9 Å². The van der Waals surface area contributed by atoms with Crippen LogP contribution in [-0.4, -0.2) is 29.3 Å². The molecule has 0 saturated heterocycles. The Morgan fingerprint density at radius 3 is 2.56 bits per heavy atom. The van der Waals surface area contributed by atoms with Gasteiger partial charge in [-0.3, -0.25) is 9.67 Å². The maximum Gasteiger partial charge on any atom is 0.240 e. The zero-order valence-corrected chi connectivity index (χ0v) is 16.3. The van der Waals surface area contributed by atoms with Gasteiger partial charge in [0.25, 0.3) is 0 Å². The van der Waals surface area contributed by atoms with Crippen LogP contribution in [0.2, 0.25) is 0 Å². The third-order valence-electron chi connectivity index (χ3n) is 3.83. The Balaban J connectivity index is 1.76. The summed E-state index contributed by atoms with van der Waals surface area (Å²) >= 11 is 0. The van der Waals surface area contributed by atoms with E-state index in [1.807, 2.05) is 33.2 Å². The summed E-state index contributed by atoms with van der Waals surface area (Å²) in [5.41, 5.74) is 2.31. The quantitative estimate of drug-likeness (QED) is 0.675. The van der Waals surface area contributed by atoms with Gasteiger partial charge in [-0.05, 0) is 49.7 Å². The SMILES string of the molecule is CC(C)Oc1ccc(S(=O)(=O)NCc2cccnc2-c2cnn(C)c2)cc1. The number of aromatic nitrogens is 3. The summed E-state index contributed by atoms with van der Waals surface area (Å²) in [5, 5.41) is 4.15. The highest BCUT2D eigenvalue weighted by atomic mass is 32.2. The molecule has 0 spiro atoms. The molecule has 27 heavy (non-hydrogen) atoms. The van der Waals surface area contributed by atoms with Gasteiger partial charge in [0.05, 0.1) is 22.9 Å². The molecule has 0 aliphatic carbocycles. The molecule has 0 saturated carbocycles. The van der Waals surface area contributed by atoms with Crippen LogP contribution < -0.4 is 9.46 Å². The normalized spacial score (nSPS) is 11.7. The fourth-order valence-electron chi connectivity index (χ4n) is 2.61. The molecule has 0 unspecified atom stereocenters. The second-order valence-electron chi connectivity index (χ2n) is 6.38. The molecule has 3 rings (SSSR count). The van der Waals surface area contributed by atoms with Gasteiger partial charge < -0.3 is 4.74 Å². The lowest BCUT2D eigenvalue weighted by Gasteiger charge is -2.12. The number of pyridine rings is 1. The van der Waals surface area contributed by atoms with E-state index in [9.17, 15) is 8.42 Å². The highest BCUT2D eigenvalue weighted by molar-refractivity contribution is 7.89. The number of sulfonamides is 1. The molecule has 142 valence electrons. The molecule has 0 aliphatic heterocycles. The third kappa shape index (κ3) is 4.72. The summed E-state index contributed by atoms with van der Waals surface area (Å²) in [7, 11) is -1.83. The van der Waals surface area contributed by atoms with Crippen LogP contribution in [-0.2, 0) is 23.6 Å². The molecule has 8 heteroatoms. The fourth-order valence-corrected chi connectivity index (χ4v) is 3.62. The second-order valence-corrected chi connectivity index (χ2v) is 8.14. The summed E-state index contributed by atoms with van der Waals surface area (Å²) in [5.74, 6) is 0.634. The summed E-state index contributed by atoms with van der Waals surface area (Å²) in [6.07, 6.45) is 5.25. The Morgan fingerprint density at radius 2 is 1.93 bits per heavy atom. The topological polar surface area (TPSA) is 86.1 Å². The van der Waals surface area contributed by atoms with Crippen molar-refractivity contribution >= 4 is 10.0 Å². The van der Waals surface area contributed by atoms with Crippen LogP contribution in [0.25, 0.3) is 11.3 Å². The zero-order valence-electron chi connectivity index (χ0n) is 15.5. The van der Waals surface area contributed by atoms with E-state index in [1.54, 1.807) is 35.3 Å². The number of nitrogens with one attached hydrogen (secondary N) is 1. The minimum atomic E-state index is -3.65.